The van der Waals surface area contributed by atoms with E-state index >= 15 is 0 Å². The van der Waals surface area contributed by atoms with Gasteiger partial charge in [0.25, 0.3) is 5.91 Å². The largest absolute Gasteiger partial charge is 0.478 e. The highest BCUT2D eigenvalue weighted by molar-refractivity contribution is 5.93. The average molecular weight is 276 g/mol. The normalized spacial score (nSPS) is 14.4. The van der Waals surface area contributed by atoms with Crippen LogP contribution >= 0.6 is 0 Å². The number of pyridine rings is 1. The maximum absolute atomic E-state index is 12.2. The third-order valence-corrected chi connectivity index (χ3v) is 3.01. The molecule has 1 fully saturated rings. The molecule has 6 heteroatoms. The third kappa shape index (κ3) is 3.64. The van der Waals surface area contributed by atoms with Gasteiger partial charge >= 0.3 is 5.97 Å². The Labute approximate surface area is 116 Å². The summed E-state index contributed by atoms with van der Waals surface area (Å²) in [6.07, 6.45) is 5.81. The number of aliphatic carboxylic acids is 1. The minimum Gasteiger partial charge on any atom is -0.478 e. The van der Waals surface area contributed by atoms with E-state index in [4.69, 9.17) is 10.2 Å². The summed E-state index contributed by atoms with van der Waals surface area (Å²) >= 11 is 0. The first kappa shape index (κ1) is 14.2. The second-order valence-corrected chi connectivity index (χ2v) is 4.60. The summed E-state index contributed by atoms with van der Waals surface area (Å²) in [5.41, 5.74) is 0.918. The predicted molar refractivity (Wildman–Crippen MR) is 72.1 cm³/mol. The fraction of sp³-hybridized carbons (Fsp3) is 0.357. The van der Waals surface area contributed by atoms with Crippen LogP contribution in [0.2, 0.25) is 0 Å². The van der Waals surface area contributed by atoms with Crippen LogP contribution in [0.5, 0.6) is 0 Å². The maximum Gasteiger partial charge on any atom is 0.328 e. The molecule has 0 radical (unpaired) electrons. The fourth-order valence-electron chi connectivity index (χ4n) is 1.89. The van der Waals surface area contributed by atoms with Crippen LogP contribution in [0.1, 0.15) is 28.9 Å². The molecule has 1 amide bonds. The average Bonchev–Trinajstić information content (AvgIpc) is 3.27. The van der Waals surface area contributed by atoms with E-state index in [1.807, 2.05) is 0 Å². The highest BCUT2D eigenvalue weighted by Gasteiger charge is 2.32. The lowest BCUT2D eigenvalue weighted by Gasteiger charge is -2.20. The van der Waals surface area contributed by atoms with Crippen LogP contribution in [0, 0.1) is 0 Å². The van der Waals surface area contributed by atoms with E-state index < -0.39 is 5.97 Å². The lowest BCUT2D eigenvalue weighted by molar-refractivity contribution is -0.131. The Balaban J connectivity index is 2.08. The summed E-state index contributed by atoms with van der Waals surface area (Å²) in [5.74, 6) is -1.23. The second kappa shape index (κ2) is 6.29. The third-order valence-electron chi connectivity index (χ3n) is 3.01. The molecule has 0 aliphatic heterocycles. The predicted octanol–water partition coefficient (Wildman–Crippen LogP) is 0.776. The lowest BCUT2D eigenvalue weighted by atomic mass is 10.2. The highest BCUT2D eigenvalue weighted by atomic mass is 16.4. The Kier molecular flexibility index (Phi) is 4.47. The summed E-state index contributed by atoms with van der Waals surface area (Å²) in [7, 11) is 0. The summed E-state index contributed by atoms with van der Waals surface area (Å²) in [4.78, 5) is 28.3. The monoisotopic (exact) mass is 276 g/mol. The molecule has 1 saturated carbocycles. The van der Waals surface area contributed by atoms with Crippen LogP contribution in [-0.2, 0) is 4.79 Å². The Morgan fingerprint density at radius 1 is 1.40 bits per heavy atom. The molecule has 6 nitrogen and oxygen atoms in total. The second-order valence-electron chi connectivity index (χ2n) is 4.60. The van der Waals surface area contributed by atoms with E-state index in [9.17, 15) is 9.59 Å². The number of amides is 1. The molecule has 0 spiro atoms. The van der Waals surface area contributed by atoms with Crippen molar-refractivity contribution in [1.29, 1.82) is 0 Å². The Morgan fingerprint density at radius 2 is 2.15 bits per heavy atom. The Hall–Kier alpha value is -2.21. The number of nitrogens with zero attached hydrogens (tertiary/aromatic N) is 2. The number of hydrogen-bond donors (Lipinski definition) is 2. The quantitative estimate of drug-likeness (QED) is 0.749. The van der Waals surface area contributed by atoms with Crippen molar-refractivity contribution >= 4 is 18.0 Å². The number of carbonyl (C=O) groups excluding carboxylic acids is 1. The van der Waals surface area contributed by atoms with E-state index in [1.165, 1.54) is 12.3 Å². The van der Waals surface area contributed by atoms with Crippen molar-refractivity contribution < 1.29 is 19.8 Å². The first-order valence-corrected chi connectivity index (χ1v) is 6.40. The van der Waals surface area contributed by atoms with Gasteiger partial charge in [-0.25, -0.2) is 4.79 Å². The molecule has 1 aromatic heterocycles. The molecule has 0 atom stereocenters. The summed E-state index contributed by atoms with van der Waals surface area (Å²) < 4.78 is 0. The zero-order chi connectivity index (χ0) is 14.5. The zero-order valence-corrected chi connectivity index (χ0v) is 10.9. The number of rotatable bonds is 6. The molecule has 0 saturated heterocycles. The van der Waals surface area contributed by atoms with Gasteiger partial charge in [0.15, 0.2) is 0 Å². The van der Waals surface area contributed by atoms with Gasteiger partial charge in [0.2, 0.25) is 0 Å². The number of hydrogen-bond acceptors (Lipinski definition) is 4. The minimum absolute atomic E-state index is 0.0678. The molecular formula is C14H16N2O4. The number of carboxylic acids is 1. The van der Waals surface area contributed by atoms with Gasteiger partial charge in [-0.1, -0.05) is 6.07 Å². The SMILES string of the molecule is O=C(O)C=Cc1ccc(C(=O)N(CCO)C2CC2)nc1. The molecule has 20 heavy (non-hydrogen) atoms. The van der Waals surface area contributed by atoms with Crippen LogP contribution < -0.4 is 0 Å². The van der Waals surface area contributed by atoms with E-state index in [1.54, 1.807) is 17.0 Å². The van der Waals surface area contributed by atoms with Gasteiger partial charge in [0.1, 0.15) is 5.69 Å². The standard InChI is InChI=1S/C14H16N2O4/c17-8-7-16(11-3-4-11)14(20)12-5-1-10(9-15-12)2-6-13(18)19/h1-2,5-6,9,11,17H,3-4,7-8H2,(H,18,19). The van der Waals surface area contributed by atoms with Crippen molar-refractivity contribution in [2.45, 2.75) is 18.9 Å². The van der Waals surface area contributed by atoms with Crippen molar-refractivity contribution in [3.8, 4) is 0 Å². The number of aliphatic hydroxyl groups is 1. The number of carboxylic acid groups (broad SMARTS) is 1. The smallest absolute Gasteiger partial charge is 0.328 e. The van der Waals surface area contributed by atoms with Crippen LogP contribution in [0.25, 0.3) is 6.08 Å². The van der Waals surface area contributed by atoms with Crippen molar-refractivity contribution in [2.75, 3.05) is 13.2 Å². The molecule has 0 aromatic carbocycles. The first-order chi connectivity index (χ1) is 9.61. The molecule has 1 aromatic rings. The molecule has 0 bridgehead atoms. The van der Waals surface area contributed by atoms with Crippen LogP contribution in [0.3, 0.4) is 0 Å². The zero-order valence-electron chi connectivity index (χ0n) is 10.9. The van der Waals surface area contributed by atoms with Crippen molar-refractivity contribution in [2.24, 2.45) is 0 Å². The topological polar surface area (TPSA) is 90.7 Å². The molecule has 1 aliphatic carbocycles. The van der Waals surface area contributed by atoms with Gasteiger partial charge in [0.05, 0.1) is 6.61 Å². The molecule has 2 N–H and O–H groups in total. The van der Waals surface area contributed by atoms with Gasteiger partial charge in [-0.15, -0.1) is 0 Å². The number of aromatic nitrogens is 1. The molecule has 0 unspecified atom stereocenters. The first-order valence-electron chi connectivity index (χ1n) is 6.40. The molecule has 2 rings (SSSR count). The van der Waals surface area contributed by atoms with E-state index in [0.717, 1.165) is 18.9 Å². The molecule has 106 valence electrons. The minimum atomic E-state index is -1.03. The van der Waals surface area contributed by atoms with Crippen LogP contribution in [0.4, 0.5) is 0 Å². The highest BCUT2D eigenvalue weighted by Crippen LogP contribution is 2.27. The lowest BCUT2D eigenvalue weighted by Crippen LogP contribution is -2.35. The fourth-order valence-corrected chi connectivity index (χ4v) is 1.89. The van der Waals surface area contributed by atoms with E-state index in [-0.39, 0.29) is 18.6 Å². The van der Waals surface area contributed by atoms with Gasteiger partial charge in [-0.05, 0) is 30.5 Å². The molecular weight excluding hydrogens is 260 g/mol. The van der Waals surface area contributed by atoms with Crippen molar-refractivity contribution in [3.63, 3.8) is 0 Å². The van der Waals surface area contributed by atoms with Gasteiger partial charge in [-0.2, -0.15) is 0 Å². The number of aliphatic hydroxyl groups excluding tert-OH is 1. The summed E-state index contributed by atoms with van der Waals surface area (Å²) in [5, 5.41) is 17.5. The summed E-state index contributed by atoms with van der Waals surface area (Å²) in [6.45, 7) is 0.244. The summed E-state index contributed by atoms with van der Waals surface area (Å²) in [6, 6.07) is 3.42. The van der Waals surface area contributed by atoms with Crippen molar-refractivity contribution in [3.05, 3.63) is 35.7 Å². The van der Waals surface area contributed by atoms with Gasteiger partial charge < -0.3 is 15.1 Å². The van der Waals surface area contributed by atoms with Crippen molar-refractivity contribution in [1.82, 2.24) is 9.88 Å². The van der Waals surface area contributed by atoms with E-state index in [2.05, 4.69) is 4.98 Å². The Bertz CT molecular complexity index is 520. The van der Waals surface area contributed by atoms with Crippen LogP contribution in [-0.4, -0.2) is 51.2 Å². The van der Waals surface area contributed by atoms with Gasteiger partial charge in [0, 0.05) is 24.9 Å². The molecule has 1 aliphatic rings. The Morgan fingerprint density at radius 3 is 2.65 bits per heavy atom. The van der Waals surface area contributed by atoms with Gasteiger partial charge in [-0.3, -0.25) is 9.78 Å². The molecule has 1 heterocycles. The van der Waals surface area contributed by atoms with Crippen LogP contribution in [0.15, 0.2) is 24.4 Å². The number of carbonyl (C=O) groups is 2. The van der Waals surface area contributed by atoms with E-state index in [0.29, 0.717) is 17.8 Å². The maximum atomic E-state index is 12.2.